The molecule has 0 bridgehead atoms. The van der Waals surface area contributed by atoms with Crippen LogP contribution in [0.5, 0.6) is 0 Å². The predicted molar refractivity (Wildman–Crippen MR) is 87.4 cm³/mol. The van der Waals surface area contributed by atoms with Gasteiger partial charge in [-0.2, -0.15) is 0 Å². The van der Waals surface area contributed by atoms with E-state index in [0.717, 1.165) is 22.9 Å². The summed E-state index contributed by atoms with van der Waals surface area (Å²) in [4.78, 5) is 12.0. The molecule has 112 valence electrons. The summed E-state index contributed by atoms with van der Waals surface area (Å²) in [6.07, 6.45) is 2.36. The van der Waals surface area contributed by atoms with Crippen LogP contribution in [0.3, 0.4) is 0 Å². The van der Waals surface area contributed by atoms with Gasteiger partial charge in [-0.15, -0.1) is 0 Å². The lowest BCUT2D eigenvalue weighted by molar-refractivity contribution is -0.122. The monoisotopic (exact) mass is 340 g/mol. The van der Waals surface area contributed by atoms with Gasteiger partial charge in [0.2, 0.25) is 5.91 Å². The second-order valence-electron chi connectivity index (χ2n) is 6.04. The van der Waals surface area contributed by atoms with E-state index in [-0.39, 0.29) is 17.4 Å². The molecular weight excluding hydrogens is 316 g/mol. The van der Waals surface area contributed by atoms with Crippen molar-refractivity contribution in [1.82, 2.24) is 5.32 Å². The number of amides is 1. The topological polar surface area (TPSA) is 55.1 Å². The molecule has 0 spiro atoms. The number of hydrogen-bond donors (Lipinski definition) is 2. The van der Waals surface area contributed by atoms with E-state index in [1.54, 1.807) is 0 Å². The Bertz CT molecular complexity index is 429. The molecule has 0 aromatic heterocycles. The van der Waals surface area contributed by atoms with E-state index in [1.165, 1.54) is 0 Å². The maximum absolute atomic E-state index is 12.0. The van der Waals surface area contributed by atoms with Crippen LogP contribution < -0.4 is 11.1 Å². The maximum Gasteiger partial charge on any atom is 0.220 e. The maximum atomic E-state index is 12.0. The van der Waals surface area contributed by atoms with Crippen molar-refractivity contribution in [2.75, 3.05) is 6.54 Å². The third-order valence-corrected chi connectivity index (χ3v) is 4.13. The molecule has 0 saturated carbocycles. The van der Waals surface area contributed by atoms with Gasteiger partial charge in [0.15, 0.2) is 0 Å². The van der Waals surface area contributed by atoms with E-state index in [1.807, 2.05) is 31.2 Å². The molecule has 4 heteroatoms. The van der Waals surface area contributed by atoms with E-state index < -0.39 is 0 Å². The number of halogens is 1. The average Bonchev–Trinajstić information content (AvgIpc) is 2.37. The summed E-state index contributed by atoms with van der Waals surface area (Å²) in [5.41, 5.74) is 6.83. The fourth-order valence-corrected chi connectivity index (χ4v) is 2.38. The van der Waals surface area contributed by atoms with Crippen LogP contribution in [0.15, 0.2) is 28.7 Å². The zero-order chi connectivity index (χ0) is 15.2. The summed E-state index contributed by atoms with van der Waals surface area (Å²) in [5.74, 6) is 0.102. The smallest absolute Gasteiger partial charge is 0.220 e. The Kier molecular flexibility index (Phi) is 6.69. The Morgan fingerprint density at radius 1 is 1.30 bits per heavy atom. The van der Waals surface area contributed by atoms with Crippen molar-refractivity contribution in [1.29, 1.82) is 0 Å². The molecule has 3 N–H and O–H groups in total. The first-order chi connectivity index (χ1) is 9.34. The van der Waals surface area contributed by atoms with Crippen molar-refractivity contribution in [3.63, 3.8) is 0 Å². The number of carbonyl (C=O) groups excluding carboxylic acids is 1. The lowest BCUT2D eigenvalue weighted by Gasteiger charge is -2.24. The normalized spacial score (nSPS) is 13.1. The summed E-state index contributed by atoms with van der Waals surface area (Å²) in [6, 6.07) is 8.05. The lowest BCUT2D eigenvalue weighted by atomic mass is 9.84. The van der Waals surface area contributed by atoms with Crippen molar-refractivity contribution < 1.29 is 4.79 Å². The fraction of sp³-hybridized carbons (Fsp3) is 0.562. The predicted octanol–water partition coefficient (Wildman–Crippen LogP) is 3.78. The molecule has 0 aliphatic carbocycles. The van der Waals surface area contributed by atoms with Crippen molar-refractivity contribution >= 4 is 21.8 Å². The highest BCUT2D eigenvalue weighted by Crippen LogP contribution is 2.26. The Morgan fingerprint density at radius 3 is 2.45 bits per heavy atom. The van der Waals surface area contributed by atoms with Gasteiger partial charge < -0.3 is 11.1 Å². The number of nitrogens with two attached hydrogens (primary N) is 1. The highest BCUT2D eigenvalue weighted by atomic mass is 79.9. The first-order valence-electron chi connectivity index (χ1n) is 7.09. The van der Waals surface area contributed by atoms with Gasteiger partial charge in [0, 0.05) is 10.9 Å². The van der Waals surface area contributed by atoms with Gasteiger partial charge in [0.05, 0.1) is 6.04 Å². The van der Waals surface area contributed by atoms with Gasteiger partial charge in [0.1, 0.15) is 0 Å². The molecule has 20 heavy (non-hydrogen) atoms. The number of nitrogens with one attached hydrogen (secondary N) is 1. The molecule has 0 aliphatic rings. The van der Waals surface area contributed by atoms with Gasteiger partial charge in [0.25, 0.3) is 0 Å². The molecule has 1 rings (SSSR count). The van der Waals surface area contributed by atoms with E-state index in [0.29, 0.717) is 13.0 Å². The summed E-state index contributed by atoms with van der Waals surface area (Å²) >= 11 is 3.41. The van der Waals surface area contributed by atoms with Crippen LogP contribution in [0.4, 0.5) is 0 Å². The van der Waals surface area contributed by atoms with Crippen LogP contribution in [-0.2, 0) is 4.79 Å². The Balaban J connectivity index is 2.44. The Hall–Kier alpha value is -0.870. The number of carbonyl (C=O) groups is 1. The molecule has 0 unspecified atom stereocenters. The van der Waals surface area contributed by atoms with Gasteiger partial charge in [-0.05, 0) is 49.4 Å². The van der Waals surface area contributed by atoms with Crippen LogP contribution in [-0.4, -0.2) is 12.5 Å². The summed E-state index contributed by atoms with van der Waals surface area (Å²) in [6.45, 7) is 6.99. The summed E-state index contributed by atoms with van der Waals surface area (Å²) < 4.78 is 1.04. The third-order valence-electron chi connectivity index (χ3n) is 3.60. The Morgan fingerprint density at radius 2 is 1.90 bits per heavy atom. The van der Waals surface area contributed by atoms with E-state index in [4.69, 9.17) is 5.73 Å². The Labute approximate surface area is 130 Å². The third kappa shape index (κ3) is 6.06. The standard InChI is InChI=1S/C16H25BrN2O/c1-12(13-4-6-14(17)7-5-13)19-15(20)8-9-16(2,3)10-11-18/h4-7,12H,8-11,18H2,1-3H3,(H,19,20)/t12-/m1/s1. The van der Waals surface area contributed by atoms with E-state index >= 15 is 0 Å². The largest absolute Gasteiger partial charge is 0.350 e. The molecule has 0 fully saturated rings. The molecule has 0 aliphatic heterocycles. The second kappa shape index (κ2) is 7.79. The molecule has 1 atom stereocenters. The van der Waals surface area contributed by atoms with Gasteiger partial charge in [-0.3, -0.25) is 4.79 Å². The molecule has 1 aromatic rings. The zero-order valence-electron chi connectivity index (χ0n) is 12.6. The highest BCUT2D eigenvalue weighted by molar-refractivity contribution is 9.10. The minimum atomic E-state index is 0.0354. The SMILES string of the molecule is C[C@@H](NC(=O)CCC(C)(C)CCN)c1ccc(Br)cc1. The van der Waals surface area contributed by atoms with E-state index in [9.17, 15) is 4.79 Å². The second-order valence-corrected chi connectivity index (χ2v) is 6.96. The van der Waals surface area contributed by atoms with Crippen LogP contribution in [0, 0.1) is 5.41 Å². The minimum absolute atomic E-state index is 0.0354. The lowest BCUT2D eigenvalue weighted by Crippen LogP contribution is -2.28. The first-order valence-corrected chi connectivity index (χ1v) is 7.88. The van der Waals surface area contributed by atoms with Crippen LogP contribution in [0.1, 0.15) is 51.6 Å². The molecule has 3 nitrogen and oxygen atoms in total. The van der Waals surface area contributed by atoms with Crippen molar-refractivity contribution in [2.24, 2.45) is 11.1 Å². The zero-order valence-corrected chi connectivity index (χ0v) is 14.2. The molecule has 0 radical (unpaired) electrons. The summed E-state index contributed by atoms with van der Waals surface area (Å²) in [7, 11) is 0. The minimum Gasteiger partial charge on any atom is -0.350 e. The molecule has 1 amide bonds. The number of benzene rings is 1. The molecule has 0 saturated heterocycles. The van der Waals surface area contributed by atoms with Crippen molar-refractivity contribution in [2.45, 2.75) is 46.1 Å². The first kappa shape index (κ1) is 17.2. The van der Waals surface area contributed by atoms with Crippen LogP contribution in [0.2, 0.25) is 0 Å². The van der Waals surface area contributed by atoms with Crippen molar-refractivity contribution in [3.05, 3.63) is 34.3 Å². The van der Waals surface area contributed by atoms with Crippen molar-refractivity contribution in [3.8, 4) is 0 Å². The number of rotatable bonds is 7. The van der Waals surface area contributed by atoms with Crippen LogP contribution >= 0.6 is 15.9 Å². The fourth-order valence-electron chi connectivity index (χ4n) is 2.12. The van der Waals surface area contributed by atoms with E-state index in [2.05, 4.69) is 35.1 Å². The summed E-state index contributed by atoms with van der Waals surface area (Å²) in [5, 5.41) is 3.04. The quantitative estimate of drug-likeness (QED) is 0.793. The molecular formula is C16H25BrN2O. The molecule has 0 heterocycles. The number of hydrogen-bond acceptors (Lipinski definition) is 2. The highest BCUT2D eigenvalue weighted by Gasteiger charge is 2.19. The van der Waals surface area contributed by atoms with Gasteiger partial charge in [-0.1, -0.05) is 41.9 Å². The average molecular weight is 341 g/mol. The van der Waals surface area contributed by atoms with Gasteiger partial charge >= 0.3 is 0 Å². The van der Waals surface area contributed by atoms with Crippen LogP contribution in [0.25, 0.3) is 0 Å². The van der Waals surface area contributed by atoms with Gasteiger partial charge in [-0.25, -0.2) is 0 Å². The molecule has 1 aromatic carbocycles.